The Kier molecular flexibility index (Phi) is 7.24. The van der Waals surface area contributed by atoms with Gasteiger partial charge in [-0.1, -0.05) is 24.3 Å². The highest BCUT2D eigenvalue weighted by Crippen LogP contribution is 2.24. The van der Waals surface area contributed by atoms with Crippen LogP contribution in [-0.2, 0) is 0 Å². The number of carbonyl (C=O) groups excluding carboxylic acids is 1. The molecule has 0 unspecified atom stereocenters. The molecule has 0 radical (unpaired) electrons. The number of H-pyrrole nitrogens is 1. The zero-order valence-corrected chi connectivity index (χ0v) is 19.4. The third kappa shape index (κ3) is 5.81. The number of ether oxygens (including phenoxy) is 1. The number of nitrogens with zero attached hydrogens (tertiary/aromatic N) is 3. The van der Waals surface area contributed by atoms with Gasteiger partial charge in [0.15, 0.2) is 0 Å². The molecule has 1 aliphatic heterocycles. The largest absolute Gasteiger partial charge is 0.495 e. The minimum atomic E-state index is -0.0699. The molecule has 0 spiro atoms. The summed E-state index contributed by atoms with van der Waals surface area (Å²) in [4.78, 5) is 24.2. The number of aromatic amines is 1. The number of nitrogens with two attached hydrogens (primary N) is 1. The van der Waals surface area contributed by atoms with Crippen LogP contribution in [0.1, 0.15) is 0 Å². The van der Waals surface area contributed by atoms with E-state index in [1.54, 1.807) is 7.11 Å². The van der Waals surface area contributed by atoms with Crippen molar-refractivity contribution in [2.45, 2.75) is 0 Å². The highest BCUT2D eigenvalue weighted by molar-refractivity contribution is 5.95. The molecule has 34 heavy (non-hydrogen) atoms. The van der Waals surface area contributed by atoms with Crippen molar-refractivity contribution in [1.29, 1.82) is 0 Å². The minimum Gasteiger partial charge on any atom is -0.495 e. The molecule has 5 N–H and O–H groups in total. The van der Waals surface area contributed by atoms with Crippen LogP contribution in [0.5, 0.6) is 5.75 Å². The van der Waals surface area contributed by atoms with Crippen LogP contribution >= 0.6 is 0 Å². The van der Waals surface area contributed by atoms with E-state index in [9.17, 15) is 4.79 Å². The number of likely N-dealkylation sites (N-methyl/N-ethyl adjacent to an activating group) is 1. The number of hydrogen-bond acceptors (Lipinski definition) is 4. The Morgan fingerprint density at radius 3 is 2.53 bits per heavy atom. The number of carbonyl (C=O) groups is 1. The highest BCUT2D eigenvalue weighted by atomic mass is 16.5. The van der Waals surface area contributed by atoms with Gasteiger partial charge in [-0.3, -0.25) is 0 Å². The first-order chi connectivity index (χ1) is 16.5. The molecule has 176 valence electrons. The van der Waals surface area contributed by atoms with Gasteiger partial charge in [-0.25, -0.2) is 9.78 Å². The Hall–Kier alpha value is -4.11. The van der Waals surface area contributed by atoms with Gasteiger partial charge in [-0.05, 0) is 47.9 Å². The van der Waals surface area contributed by atoms with Gasteiger partial charge in [0, 0.05) is 43.5 Å². The van der Waals surface area contributed by atoms with Crippen molar-refractivity contribution in [3.63, 3.8) is 0 Å². The average molecular weight is 461 g/mol. The number of guanidine groups is 1. The molecule has 0 atom stereocenters. The number of benzene rings is 2. The van der Waals surface area contributed by atoms with Crippen LogP contribution in [-0.4, -0.2) is 62.1 Å². The van der Waals surface area contributed by atoms with E-state index in [-0.39, 0.29) is 12.0 Å². The fourth-order valence-corrected chi connectivity index (χ4v) is 3.70. The molecule has 1 saturated heterocycles. The standard InChI is InChI=1S/C25H29N7O2/c1-31-12-14-32(15-13-31)25(33)28-20-7-5-6-18(16-20)19-10-11-23(27-17-19)30-24(26)29-21-8-3-4-9-22(21)34-2/h3-11,16-17H,12-15H2,1-2H3,(H,28,33)(H3,26,27,29,30)/p+1. The quantitative estimate of drug-likeness (QED) is 0.401. The molecule has 0 bridgehead atoms. The molecular weight excluding hydrogens is 430 g/mol. The molecule has 1 aromatic heterocycles. The van der Waals surface area contributed by atoms with Crippen LogP contribution in [0.4, 0.5) is 22.0 Å². The van der Waals surface area contributed by atoms with Crippen LogP contribution in [0.25, 0.3) is 11.1 Å². The third-order valence-electron chi connectivity index (χ3n) is 5.64. The molecule has 1 aliphatic rings. The Labute approximate surface area is 199 Å². The van der Waals surface area contributed by atoms with E-state index in [2.05, 4.69) is 32.6 Å². The maximum Gasteiger partial charge on any atom is 0.325 e. The van der Waals surface area contributed by atoms with E-state index in [1.165, 1.54) is 0 Å². The van der Waals surface area contributed by atoms with Crippen LogP contribution in [0, 0.1) is 0 Å². The van der Waals surface area contributed by atoms with Gasteiger partial charge in [0.05, 0.1) is 19.0 Å². The van der Waals surface area contributed by atoms with Crippen molar-refractivity contribution >= 4 is 29.2 Å². The lowest BCUT2D eigenvalue weighted by molar-refractivity contribution is -0.361. The summed E-state index contributed by atoms with van der Waals surface area (Å²) < 4.78 is 5.32. The number of hydrogen-bond donors (Lipinski definition) is 3. The molecular formula is C25H30N7O2+. The van der Waals surface area contributed by atoms with Crippen LogP contribution in [0.15, 0.2) is 71.9 Å². The van der Waals surface area contributed by atoms with Gasteiger partial charge in [0.25, 0.3) is 0 Å². The van der Waals surface area contributed by atoms with Gasteiger partial charge in [0.2, 0.25) is 0 Å². The van der Waals surface area contributed by atoms with Crippen molar-refractivity contribution in [3.05, 3.63) is 66.9 Å². The lowest BCUT2D eigenvalue weighted by Gasteiger charge is -2.32. The molecule has 3 aromatic rings. The van der Waals surface area contributed by atoms with E-state index in [0.717, 1.165) is 48.7 Å². The third-order valence-corrected chi connectivity index (χ3v) is 5.64. The SMILES string of the molecule is COc1ccccc1NC(N)=Nc1ccc(-c2cccc(NC(=O)N3CCN(C)CC3)c2)c[nH+]1. The summed E-state index contributed by atoms with van der Waals surface area (Å²) in [6.45, 7) is 3.23. The van der Waals surface area contributed by atoms with E-state index >= 15 is 0 Å². The number of urea groups is 1. The van der Waals surface area contributed by atoms with Crippen molar-refractivity contribution in [2.75, 3.05) is 51.0 Å². The number of anilines is 2. The highest BCUT2D eigenvalue weighted by Gasteiger charge is 2.19. The first kappa shape index (κ1) is 23.1. The normalized spacial score (nSPS) is 14.5. The Morgan fingerprint density at radius 1 is 1.00 bits per heavy atom. The number of piperazine rings is 1. The summed E-state index contributed by atoms with van der Waals surface area (Å²) in [5.74, 6) is 1.52. The molecule has 9 nitrogen and oxygen atoms in total. The van der Waals surface area contributed by atoms with E-state index < -0.39 is 0 Å². The van der Waals surface area contributed by atoms with E-state index in [0.29, 0.717) is 11.6 Å². The predicted molar refractivity (Wildman–Crippen MR) is 134 cm³/mol. The number of rotatable bonds is 5. The maximum atomic E-state index is 12.6. The van der Waals surface area contributed by atoms with Crippen LogP contribution in [0.3, 0.4) is 0 Å². The fraction of sp³-hybridized carbons (Fsp3) is 0.240. The van der Waals surface area contributed by atoms with Gasteiger partial charge >= 0.3 is 17.8 Å². The number of para-hydroxylation sites is 2. The van der Waals surface area contributed by atoms with Crippen molar-refractivity contribution < 1.29 is 14.5 Å². The number of methoxy groups -OCH3 is 1. The van der Waals surface area contributed by atoms with Gasteiger partial charge in [0.1, 0.15) is 5.75 Å². The summed E-state index contributed by atoms with van der Waals surface area (Å²) in [7, 11) is 3.67. The number of amides is 2. The molecule has 2 amide bonds. The average Bonchev–Trinajstić information content (AvgIpc) is 2.85. The van der Waals surface area contributed by atoms with E-state index in [4.69, 9.17) is 10.5 Å². The van der Waals surface area contributed by atoms with Gasteiger partial charge in [-0.15, -0.1) is 0 Å². The molecule has 9 heteroatoms. The van der Waals surface area contributed by atoms with Gasteiger partial charge in [-0.2, -0.15) is 0 Å². The van der Waals surface area contributed by atoms with Crippen LogP contribution in [0.2, 0.25) is 0 Å². The van der Waals surface area contributed by atoms with Gasteiger partial charge < -0.3 is 30.9 Å². The lowest BCUT2D eigenvalue weighted by atomic mass is 10.1. The minimum absolute atomic E-state index is 0.0699. The smallest absolute Gasteiger partial charge is 0.325 e. The lowest BCUT2D eigenvalue weighted by Crippen LogP contribution is -2.48. The first-order valence-corrected chi connectivity index (χ1v) is 11.1. The summed E-state index contributed by atoms with van der Waals surface area (Å²) in [5.41, 5.74) is 9.49. The molecule has 0 aliphatic carbocycles. The Bertz CT molecular complexity index is 1160. The second kappa shape index (κ2) is 10.7. The number of aliphatic imine (C=N–C) groups is 1. The monoisotopic (exact) mass is 460 g/mol. The van der Waals surface area contributed by atoms with Crippen molar-refractivity contribution in [2.24, 2.45) is 10.7 Å². The zero-order valence-electron chi connectivity index (χ0n) is 19.4. The molecule has 4 rings (SSSR count). The zero-order chi connectivity index (χ0) is 23.9. The number of aromatic nitrogens is 1. The summed E-state index contributed by atoms with van der Waals surface area (Å²) >= 11 is 0. The second-order valence-electron chi connectivity index (χ2n) is 8.09. The van der Waals surface area contributed by atoms with Crippen LogP contribution < -0.4 is 26.1 Å². The predicted octanol–water partition coefficient (Wildman–Crippen LogP) is 3.01. The molecule has 2 aromatic carbocycles. The number of nitrogens with one attached hydrogen (secondary N) is 3. The Morgan fingerprint density at radius 2 is 1.79 bits per heavy atom. The second-order valence-corrected chi connectivity index (χ2v) is 8.09. The van der Waals surface area contributed by atoms with E-state index in [1.807, 2.05) is 71.8 Å². The summed E-state index contributed by atoms with van der Waals surface area (Å²) in [6.07, 6.45) is 1.86. The fourth-order valence-electron chi connectivity index (χ4n) is 3.70. The molecule has 2 heterocycles. The summed E-state index contributed by atoms with van der Waals surface area (Å²) in [6, 6.07) is 19.0. The van der Waals surface area contributed by atoms with Crippen molar-refractivity contribution in [3.8, 4) is 16.9 Å². The molecule has 0 saturated carbocycles. The molecule has 1 fully saturated rings. The summed E-state index contributed by atoms with van der Waals surface area (Å²) in [5, 5.41) is 6.06. The number of pyridine rings is 1. The topological polar surface area (TPSA) is 109 Å². The first-order valence-electron chi connectivity index (χ1n) is 11.1. The Balaban J connectivity index is 1.41. The van der Waals surface area contributed by atoms with Crippen molar-refractivity contribution in [1.82, 2.24) is 9.80 Å². The maximum absolute atomic E-state index is 12.6.